The van der Waals surface area contributed by atoms with Crippen molar-refractivity contribution in [3.63, 3.8) is 0 Å². The Hall–Kier alpha value is -1.86. The summed E-state index contributed by atoms with van der Waals surface area (Å²) >= 11 is 1.80. The Morgan fingerprint density at radius 3 is 2.58 bits per heavy atom. The number of nitrogens with two attached hydrogens (primary N) is 1. The van der Waals surface area contributed by atoms with Crippen molar-refractivity contribution in [3.05, 3.63) is 23.7 Å². The second kappa shape index (κ2) is 9.74. The molecule has 4 rings (SSSR count). The number of pyridine rings is 1. The molecule has 0 bridgehead atoms. The van der Waals surface area contributed by atoms with Crippen molar-refractivity contribution < 1.29 is 9.53 Å². The number of fused-ring (bicyclic) bond motifs is 1. The number of nitrogens with zero attached hydrogens (tertiary/aromatic N) is 3. The standard InChI is InChI=1S/C24H36N4O2S/c1-24(2,30-23(25)29)17-19-5-3-18(4-6-19)8-11-27-12-14-28(15-13-27)22-21-20(7-10-26-22)9-16-31-21/h7,9-10,16,18-19H,3-6,8,11-15,17H2,1-2H3,(H2,25,29)/t18-,19-. The summed E-state index contributed by atoms with van der Waals surface area (Å²) in [7, 11) is 0. The van der Waals surface area contributed by atoms with Gasteiger partial charge in [0.15, 0.2) is 0 Å². The minimum absolute atomic E-state index is 0.453. The van der Waals surface area contributed by atoms with E-state index in [9.17, 15) is 4.79 Å². The number of ether oxygens (including phenoxy) is 1. The van der Waals surface area contributed by atoms with Crippen LogP contribution in [0.1, 0.15) is 52.4 Å². The average Bonchev–Trinajstić information content (AvgIpc) is 3.21. The maximum atomic E-state index is 11.1. The maximum absolute atomic E-state index is 11.1. The first-order chi connectivity index (χ1) is 14.9. The van der Waals surface area contributed by atoms with Crippen molar-refractivity contribution in [1.82, 2.24) is 9.88 Å². The van der Waals surface area contributed by atoms with Crippen LogP contribution in [0, 0.1) is 11.8 Å². The molecule has 0 spiro atoms. The Morgan fingerprint density at radius 2 is 1.87 bits per heavy atom. The van der Waals surface area contributed by atoms with Gasteiger partial charge in [-0.05, 0) is 68.0 Å². The van der Waals surface area contributed by atoms with Crippen LogP contribution in [0.3, 0.4) is 0 Å². The topological polar surface area (TPSA) is 71.7 Å². The lowest BCUT2D eigenvalue weighted by Crippen LogP contribution is -2.47. The molecule has 1 saturated heterocycles. The Morgan fingerprint density at radius 1 is 1.16 bits per heavy atom. The van der Waals surface area contributed by atoms with Gasteiger partial charge in [-0.15, -0.1) is 11.3 Å². The molecule has 7 heteroatoms. The van der Waals surface area contributed by atoms with Gasteiger partial charge in [0.05, 0.1) is 4.70 Å². The highest BCUT2D eigenvalue weighted by molar-refractivity contribution is 7.17. The summed E-state index contributed by atoms with van der Waals surface area (Å²) in [5.74, 6) is 2.63. The third-order valence-electron chi connectivity index (χ3n) is 7.00. The van der Waals surface area contributed by atoms with Crippen LogP contribution in [0.4, 0.5) is 10.6 Å². The molecule has 0 atom stereocenters. The van der Waals surface area contributed by atoms with E-state index in [1.54, 1.807) is 11.3 Å². The number of aromatic nitrogens is 1. The summed E-state index contributed by atoms with van der Waals surface area (Å²) < 4.78 is 6.59. The van der Waals surface area contributed by atoms with E-state index in [4.69, 9.17) is 10.5 Å². The summed E-state index contributed by atoms with van der Waals surface area (Å²) in [6.07, 6.45) is 8.54. The Kier molecular flexibility index (Phi) is 7.02. The maximum Gasteiger partial charge on any atom is 0.405 e. The molecule has 0 unspecified atom stereocenters. The van der Waals surface area contributed by atoms with Crippen LogP contribution in [0.25, 0.3) is 10.1 Å². The number of amides is 1. The van der Waals surface area contributed by atoms with Gasteiger partial charge < -0.3 is 15.4 Å². The molecule has 0 aromatic carbocycles. The van der Waals surface area contributed by atoms with E-state index in [1.165, 1.54) is 48.7 Å². The molecule has 1 amide bonds. The number of hydrogen-bond donors (Lipinski definition) is 1. The number of hydrogen-bond acceptors (Lipinski definition) is 6. The van der Waals surface area contributed by atoms with Gasteiger partial charge in [-0.1, -0.05) is 25.7 Å². The summed E-state index contributed by atoms with van der Waals surface area (Å²) in [6, 6.07) is 4.29. The SMILES string of the molecule is CC(C)(C[C@H]1CC[C@H](CCN2CCN(c3nccc4ccsc34)CC2)CC1)OC(N)=O. The van der Waals surface area contributed by atoms with Crippen LogP contribution in [0.5, 0.6) is 0 Å². The van der Waals surface area contributed by atoms with E-state index in [1.807, 2.05) is 20.0 Å². The summed E-state index contributed by atoms with van der Waals surface area (Å²) in [6.45, 7) is 9.51. The molecule has 1 aliphatic heterocycles. The predicted molar refractivity (Wildman–Crippen MR) is 128 cm³/mol. The number of primary amides is 1. The number of carbonyl (C=O) groups excluding carboxylic acids is 1. The summed E-state index contributed by atoms with van der Waals surface area (Å²) in [5, 5.41) is 3.46. The first-order valence-corrected chi connectivity index (χ1v) is 12.6. The lowest BCUT2D eigenvalue weighted by molar-refractivity contribution is 0.0193. The van der Waals surface area contributed by atoms with Crippen LogP contribution in [-0.2, 0) is 4.74 Å². The predicted octanol–water partition coefficient (Wildman–Crippen LogP) is 4.88. The average molecular weight is 445 g/mol. The van der Waals surface area contributed by atoms with Crippen LogP contribution >= 0.6 is 11.3 Å². The van der Waals surface area contributed by atoms with Crippen LogP contribution < -0.4 is 10.6 Å². The van der Waals surface area contributed by atoms with Gasteiger partial charge in [0.1, 0.15) is 11.4 Å². The molecular formula is C24H36N4O2S. The fraction of sp³-hybridized carbons (Fsp3) is 0.667. The van der Waals surface area contributed by atoms with Crippen LogP contribution in [-0.4, -0.2) is 54.3 Å². The van der Waals surface area contributed by atoms with Gasteiger partial charge in [0.25, 0.3) is 0 Å². The number of rotatable bonds is 7. The van der Waals surface area contributed by atoms with Gasteiger partial charge in [-0.2, -0.15) is 0 Å². The molecule has 6 nitrogen and oxygen atoms in total. The molecule has 2 aliphatic rings. The smallest absolute Gasteiger partial charge is 0.405 e. The number of carbonyl (C=O) groups is 1. The quantitative estimate of drug-likeness (QED) is 0.659. The minimum atomic E-state index is -0.665. The first-order valence-electron chi connectivity index (χ1n) is 11.7. The van der Waals surface area contributed by atoms with Crippen molar-refractivity contribution in [2.75, 3.05) is 37.6 Å². The third kappa shape index (κ3) is 5.89. The second-order valence-electron chi connectivity index (χ2n) is 9.86. The van der Waals surface area contributed by atoms with Gasteiger partial charge in [0, 0.05) is 32.4 Å². The minimum Gasteiger partial charge on any atom is -0.444 e. The van der Waals surface area contributed by atoms with E-state index in [-0.39, 0.29) is 0 Å². The molecule has 2 fully saturated rings. The van der Waals surface area contributed by atoms with Crippen LogP contribution in [0.15, 0.2) is 23.7 Å². The van der Waals surface area contributed by atoms with Crippen molar-refractivity contribution in [2.45, 2.75) is 58.0 Å². The fourth-order valence-corrected chi connectivity index (χ4v) is 6.30. The van der Waals surface area contributed by atoms with Crippen molar-refractivity contribution in [1.29, 1.82) is 0 Å². The Balaban J connectivity index is 1.17. The van der Waals surface area contributed by atoms with E-state index < -0.39 is 11.7 Å². The first kappa shape index (κ1) is 22.3. The highest BCUT2D eigenvalue weighted by atomic mass is 32.1. The van der Waals surface area contributed by atoms with Gasteiger partial charge in [-0.3, -0.25) is 4.90 Å². The molecule has 31 heavy (non-hydrogen) atoms. The number of piperazine rings is 1. The van der Waals surface area contributed by atoms with Gasteiger partial charge >= 0.3 is 6.09 Å². The second-order valence-corrected chi connectivity index (χ2v) is 10.8. The normalized spacial score (nSPS) is 23.2. The van der Waals surface area contributed by atoms with E-state index in [2.05, 4.69) is 32.3 Å². The zero-order chi connectivity index (χ0) is 21.8. The fourth-order valence-electron chi connectivity index (χ4n) is 5.39. The zero-order valence-electron chi connectivity index (χ0n) is 18.9. The van der Waals surface area contributed by atoms with Gasteiger partial charge in [-0.25, -0.2) is 9.78 Å². The van der Waals surface area contributed by atoms with Crippen LogP contribution in [0.2, 0.25) is 0 Å². The van der Waals surface area contributed by atoms with Crippen molar-refractivity contribution in [3.8, 4) is 0 Å². The zero-order valence-corrected chi connectivity index (χ0v) is 19.7. The monoisotopic (exact) mass is 444 g/mol. The van der Waals surface area contributed by atoms with Gasteiger partial charge in [0.2, 0.25) is 0 Å². The largest absolute Gasteiger partial charge is 0.444 e. The molecule has 3 heterocycles. The van der Waals surface area contributed by atoms with Crippen molar-refractivity contribution >= 4 is 33.3 Å². The highest BCUT2D eigenvalue weighted by Crippen LogP contribution is 2.36. The molecule has 2 N–H and O–H groups in total. The van der Waals surface area contributed by atoms with E-state index in [0.717, 1.165) is 44.3 Å². The summed E-state index contributed by atoms with van der Waals surface area (Å²) in [5.41, 5.74) is 4.75. The Bertz CT molecular complexity index is 867. The highest BCUT2D eigenvalue weighted by Gasteiger charge is 2.30. The molecular weight excluding hydrogens is 408 g/mol. The summed E-state index contributed by atoms with van der Waals surface area (Å²) in [4.78, 5) is 20.8. The Labute approximate surface area is 189 Å². The third-order valence-corrected chi connectivity index (χ3v) is 7.92. The van der Waals surface area contributed by atoms with Crippen molar-refractivity contribution in [2.24, 2.45) is 17.6 Å². The van der Waals surface area contributed by atoms with E-state index >= 15 is 0 Å². The molecule has 2 aromatic heterocycles. The molecule has 1 saturated carbocycles. The van der Waals surface area contributed by atoms with E-state index in [0.29, 0.717) is 5.92 Å². The number of anilines is 1. The number of thiophene rings is 1. The molecule has 0 radical (unpaired) electrons. The molecule has 1 aliphatic carbocycles. The lowest BCUT2D eigenvalue weighted by Gasteiger charge is -2.37. The lowest BCUT2D eigenvalue weighted by atomic mass is 9.76. The molecule has 170 valence electrons. The molecule has 2 aromatic rings.